The second-order valence-electron chi connectivity index (χ2n) is 11.1. The molecule has 1 atom stereocenters. The van der Waals surface area contributed by atoms with Crippen molar-refractivity contribution < 1.29 is 18.0 Å². The molecule has 3 rings (SSSR count). The molecular weight excluding hydrogens is 510 g/mol. The minimum Gasteiger partial charge on any atom is -0.350 e. The number of hydrogen-bond donors (Lipinski definition) is 1. The van der Waals surface area contributed by atoms with Gasteiger partial charge in [-0.05, 0) is 83.9 Å². The fourth-order valence-electron chi connectivity index (χ4n) is 4.10. The van der Waals surface area contributed by atoms with E-state index in [1.54, 1.807) is 49.4 Å². The number of aryl methyl sites for hydroxylation is 3. The molecule has 7 nitrogen and oxygen atoms in total. The first kappa shape index (κ1) is 29.9. The van der Waals surface area contributed by atoms with E-state index < -0.39 is 34.1 Å². The molecule has 0 aliphatic heterocycles. The Morgan fingerprint density at radius 1 is 0.846 bits per heavy atom. The average Bonchev–Trinajstić information content (AvgIpc) is 2.85. The highest BCUT2D eigenvalue weighted by Crippen LogP contribution is 2.26. The lowest BCUT2D eigenvalue weighted by atomic mass is 10.1. The highest BCUT2D eigenvalue weighted by atomic mass is 32.2. The maximum absolute atomic E-state index is 14.0. The quantitative estimate of drug-likeness (QED) is 0.401. The summed E-state index contributed by atoms with van der Waals surface area (Å²) in [4.78, 5) is 28.7. The number of hydrogen-bond acceptors (Lipinski definition) is 4. The minimum absolute atomic E-state index is 0.0889. The van der Waals surface area contributed by atoms with Gasteiger partial charge in [-0.25, -0.2) is 8.42 Å². The highest BCUT2D eigenvalue weighted by Gasteiger charge is 2.33. The Morgan fingerprint density at radius 2 is 1.41 bits per heavy atom. The third-order valence-corrected chi connectivity index (χ3v) is 8.10. The van der Waals surface area contributed by atoms with Crippen molar-refractivity contribution >= 4 is 27.5 Å². The van der Waals surface area contributed by atoms with Crippen LogP contribution in [-0.4, -0.2) is 43.3 Å². The number of carbonyl (C=O) groups excluding carboxylic acids is 2. The van der Waals surface area contributed by atoms with Crippen LogP contribution < -0.4 is 9.62 Å². The molecule has 0 radical (unpaired) electrons. The molecule has 0 aliphatic rings. The molecule has 208 valence electrons. The Kier molecular flexibility index (Phi) is 9.22. The van der Waals surface area contributed by atoms with Crippen molar-refractivity contribution in [1.29, 1.82) is 0 Å². The van der Waals surface area contributed by atoms with Crippen LogP contribution in [0.15, 0.2) is 77.7 Å². The Hall–Kier alpha value is -3.65. The van der Waals surface area contributed by atoms with Crippen molar-refractivity contribution in [2.24, 2.45) is 0 Å². The first-order valence-electron chi connectivity index (χ1n) is 13.0. The molecule has 0 bridgehead atoms. The van der Waals surface area contributed by atoms with E-state index in [1.165, 1.54) is 4.90 Å². The number of anilines is 1. The van der Waals surface area contributed by atoms with Crippen LogP contribution in [0.1, 0.15) is 49.9 Å². The van der Waals surface area contributed by atoms with Crippen molar-refractivity contribution in [2.45, 2.75) is 71.5 Å². The lowest BCUT2D eigenvalue weighted by Gasteiger charge is -2.33. The molecule has 2 amide bonds. The zero-order valence-electron chi connectivity index (χ0n) is 23.9. The standard InChI is InChI=1S/C31H39N3O4S/c1-22-11-15-26(16-12-22)20-33(25(4)30(36)32-31(5,6)7)29(35)21-34(27-10-8-9-24(3)19-27)39(37,38)28-17-13-23(2)14-18-28/h8-19,25H,20-21H2,1-7H3,(H,32,36)/t25-/m0/s1. The van der Waals surface area contributed by atoms with Gasteiger partial charge in [-0.1, -0.05) is 59.7 Å². The summed E-state index contributed by atoms with van der Waals surface area (Å²) in [6, 6.07) is 20.4. The first-order valence-corrected chi connectivity index (χ1v) is 14.4. The normalized spacial score (nSPS) is 12.5. The summed E-state index contributed by atoms with van der Waals surface area (Å²) >= 11 is 0. The van der Waals surface area contributed by atoms with Gasteiger partial charge in [0.1, 0.15) is 12.6 Å². The lowest BCUT2D eigenvalue weighted by Crippen LogP contribution is -2.54. The largest absolute Gasteiger partial charge is 0.350 e. The number of carbonyl (C=O) groups is 2. The van der Waals surface area contributed by atoms with Gasteiger partial charge in [0.05, 0.1) is 10.6 Å². The second kappa shape index (κ2) is 12.0. The van der Waals surface area contributed by atoms with Crippen molar-refractivity contribution in [3.63, 3.8) is 0 Å². The van der Waals surface area contributed by atoms with Gasteiger partial charge in [-0.2, -0.15) is 0 Å². The van der Waals surface area contributed by atoms with Gasteiger partial charge in [0.2, 0.25) is 11.8 Å². The van der Waals surface area contributed by atoms with Crippen molar-refractivity contribution in [1.82, 2.24) is 10.2 Å². The molecular formula is C31H39N3O4S. The zero-order valence-corrected chi connectivity index (χ0v) is 24.7. The Balaban J connectivity index is 2.03. The smallest absolute Gasteiger partial charge is 0.264 e. The SMILES string of the molecule is Cc1ccc(CN(C(=O)CN(c2cccc(C)c2)S(=O)(=O)c2ccc(C)cc2)[C@@H](C)C(=O)NC(C)(C)C)cc1. The predicted molar refractivity (Wildman–Crippen MR) is 156 cm³/mol. The summed E-state index contributed by atoms with van der Waals surface area (Å²) in [5.41, 5.74) is 3.59. The number of nitrogens with zero attached hydrogens (tertiary/aromatic N) is 2. The molecule has 0 saturated carbocycles. The zero-order chi connectivity index (χ0) is 29.0. The van der Waals surface area contributed by atoms with Gasteiger partial charge < -0.3 is 10.2 Å². The van der Waals surface area contributed by atoms with E-state index in [2.05, 4.69) is 5.32 Å². The van der Waals surface area contributed by atoms with Crippen molar-refractivity contribution in [2.75, 3.05) is 10.8 Å². The molecule has 0 heterocycles. The molecule has 0 aromatic heterocycles. The van der Waals surface area contributed by atoms with Crippen LogP contribution in [-0.2, 0) is 26.2 Å². The van der Waals surface area contributed by atoms with Crippen LogP contribution in [0.5, 0.6) is 0 Å². The van der Waals surface area contributed by atoms with Gasteiger partial charge in [-0.15, -0.1) is 0 Å². The topological polar surface area (TPSA) is 86.8 Å². The molecule has 3 aromatic rings. The summed E-state index contributed by atoms with van der Waals surface area (Å²) < 4.78 is 28.9. The molecule has 0 aliphatic carbocycles. The van der Waals surface area contributed by atoms with Gasteiger partial charge in [0.15, 0.2) is 0 Å². The van der Waals surface area contributed by atoms with E-state index in [1.807, 2.05) is 71.9 Å². The minimum atomic E-state index is -4.08. The van der Waals surface area contributed by atoms with Crippen molar-refractivity contribution in [3.05, 3.63) is 95.1 Å². The second-order valence-corrected chi connectivity index (χ2v) is 12.9. The van der Waals surface area contributed by atoms with E-state index in [0.29, 0.717) is 5.69 Å². The molecule has 0 unspecified atom stereocenters. The van der Waals surface area contributed by atoms with E-state index >= 15 is 0 Å². The molecule has 8 heteroatoms. The van der Waals surface area contributed by atoms with E-state index in [4.69, 9.17) is 0 Å². The number of nitrogens with one attached hydrogen (secondary N) is 1. The number of benzene rings is 3. The van der Waals surface area contributed by atoms with E-state index in [0.717, 1.165) is 26.6 Å². The van der Waals surface area contributed by atoms with Crippen LogP contribution in [0.3, 0.4) is 0 Å². The highest BCUT2D eigenvalue weighted by molar-refractivity contribution is 7.92. The van der Waals surface area contributed by atoms with E-state index in [9.17, 15) is 18.0 Å². The summed E-state index contributed by atoms with van der Waals surface area (Å²) in [6.07, 6.45) is 0. The fraction of sp³-hybridized carbons (Fsp3) is 0.355. The van der Waals surface area contributed by atoms with Crippen LogP contribution in [0, 0.1) is 20.8 Å². The maximum atomic E-state index is 14.0. The summed E-state index contributed by atoms with van der Waals surface area (Å²) in [7, 11) is -4.08. The molecule has 0 saturated heterocycles. The van der Waals surface area contributed by atoms with Gasteiger partial charge in [-0.3, -0.25) is 13.9 Å². The van der Waals surface area contributed by atoms with Gasteiger partial charge >= 0.3 is 0 Å². The summed E-state index contributed by atoms with van der Waals surface area (Å²) in [5.74, 6) is -0.796. The maximum Gasteiger partial charge on any atom is 0.264 e. The third kappa shape index (κ3) is 7.93. The van der Waals surface area contributed by atoms with Gasteiger partial charge in [0.25, 0.3) is 10.0 Å². The Morgan fingerprint density at radius 3 is 1.95 bits per heavy atom. The molecule has 0 spiro atoms. The first-order chi connectivity index (χ1) is 18.2. The number of sulfonamides is 1. The van der Waals surface area contributed by atoms with E-state index in [-0.39, 0.29) is 17.3 Å². The Labute approximate surface area is 232 Å². The third-order valence-electron chi connectivity index (χ3n) is 6.32. The van der Waals surface area contributed by atoms with Crippen LogP contribution in [0.25, 0.3) is 0 Å². The summed E-state index contributed by atoms with van der Waals surface area (Å²) in [6.45, 7) is 12.7. The predicted octanol–water partition coefficient (Wildman–Crippen LogP) is 5.14. The monoisotopic (exact) mass is 549 g/mol. The Bertz CT molecular complexity index is 1410. The van der Waals surface area contributed by atoms with Crippen LogP contribution in [0.4, 0.5) is 5.69 Å². The number of rotatable bonds is 9. The van der Waals surface area contributed by atoms with Gasteiger partial charge in [0, 0.05) is 12.1 Å². The summed E-state index contributed by atoms with van der Waals surface area (Å²) in [5, 5.41) is 2.94. The molecule has 1 N–H and O–H groups in total. The average molecular weight is 550 g/mol. The molecule has 39 heavy (non-hydrogen) atoms. The molecule has 0 fully saturated rings. The molecule has 3 aromatic carbocycles. The number of amides is 2. The van der Waals surface area contributed by atoms with Crippen molar-refractivity contribution in [3.8, 4) is 0 Å². The van der Waals surface area contributed by atoms with Crippen LogP contribution in [0.2, 0.25) is 0 Å². The van der Waals surface area contributed by atoms with Crippen LogP contribution >= 0.6 is 0 Å². The lowest BCUT2D eigenvalue weighted by molar-refractivity contribution is -0.140. The fourth-order valence-corrected chi connectivity index (χ4v) is 5.50.